The number of benzene rings is 1. The van der Waals surface area contributed by atoms with Crippen molar-refractivity contribution in [1.29, 1.82) is 0 Å². The molecule has 2 aromatic rings. The van der Waals surface area contributed by atoms with Crippen LogP contribution in [-0.2, 0) is 5.75 Å². The summed E-state index contributed by atoms with van der Waals surface area (Å²) < 4.78 is 0. The van der Waals surface area contributed by atoms with Gasteiger partial charge in [-0.3, -0.25) is 9.89 Å². The Kier molecular flexibility index (Phi) is 5.80. The molecule has 0 aliphatic rings. The fraction of sp³-hybridized carbons (Fsp3) is 0.400. The van der Waals surface area contributed by atoms with Crippen LogP contribution >= 0.6 is 11.8 Å². The predicted molar refractivity (Wildman–Crippen MR) is 84.2 cm³/mol. The number of H-pyrrole nitrogens is 1. The van der Waals surface area contributed by atoms with E-state index < -0.39 is 0 Å². The van der Waals surface area contributed by atoms with E-state index in [4.69, 9.17) is 0 Å². The van der Waals surface area contributed by atoms with Crippen molar-refractivity contribution in [3.8, 4) is 0 Å². The minimum absolute atomic E-state index is 0.00172. The van der Waals surface area contributed by atoms with Gasteiger partial charge in [-0.05, 0) is 30.5 Å². The number of nitrogens with zero attached hydrogens (tertiary/aromatic N) is 2. The zero-order chi connectivity index (χ0) is 15.1. The van der Waals surface area contributed by atoms with Crippen LogP contribution in [0.25, 0.3) is 0 Å². The molecule has 21 heavy (non-hydrogen) atoms. The summed E-state index contributed by atoms with van der Waals surface area (Å²) >= 11 is 1.58. The van der Waals surface area contributed by atoms with Gasteiger partial charge in [0.15, 0.2) is 5.16 Å². The molecule has 2 rings (SSSR count). The fourth-order valence-electron chi connectivity index (χ4n) is 1.93. The number of aromatic amines is 1. The third-order valence-corrected chi connectivity index (χ3v) is 4.25. The summed E-state index contributed by atoms with van der Waals surface area (Å²) in [5.74, 6) is 0.794. The summed E-state index contributed by atoms with van der Waals surface area (Å²) in [4.78, 5) is 16.1. The number of carbonyl (C=O) groups is 1. The molecular weight excluding hydrogens is 284 g/mol. The molecule has 0 spiro atoms. The zero-order valence-corrected chi connectivity index (χ0v) is 13.1. The number of nitrogens with one attached hydrogen (secondary N) is 2. The van der Waals surface area contributed by atoms with Gasteiger partial charge in [0.25, 0.3) is 5.91 Å². The highest BCUT2D eigenvalue weighted by Gasteiger charge is 2.10. The maximum atomic E-state index is 12.1. The van der Waals surface area contributed by atoms with E-state index >= 15 is 0 Å². The lowest BCUT2D eigenvalue weighted by molar-refractivity contribution is 0.0935. The molecule has 0 atom stereocenters. The van der Waals surface area contributed by atoms with Gasteiger partial charge in [0.05, 0.1) is 0 Å². The van der Waals surface area contributed by atoms with Crippen molar-refractivity contribution in [2.75, 3.05) is 0 Å². The molecule has 0 aliphatic carbocycles. The number of thioether (sulfide) groups is 1. The number of hydrogen-bond donors (Lipinski definition) is 2. The summed E-state index contributed by atoms with van der Waals surface area (Å²) in [6.45, 7) is 4.16. The second-order valence-corrected chi connectivity index (χ2v) is 5.73. The first-order valence-electron chi connectivity index (χ1n) is 7.10. The lowest BCUT2D eigenvalue weighted by Crippen LogP contribution is -2.33. The maximum absolute atomic E-state index is 12.1. The normalized spacial score (nSPS) is 10.8. The Morgan fingerprint density at radius 2 is 2.00 bits per heavy atom. The molecule has 0 unspecified atom stereocenters. The Hall–Kier alpha value is -1.82. The summed E-state index contributed by atoms with van der Waals surface area (Å²) in [7, 11) is 0. The van der Waals surface area contributed by atoms with Crippen LogP contribution in [-0.4, -0.2) is 27.1 Å². The Morgan fingerprint density at radius 3 is 2.57 bits per heavy atom. The highest BCUT2D eigenvalue weighted by atomic mass is 32.2. The first-order chi connectivity index (χ1) is 10.2. The standard InChI is InChI=1S/C15H20N4OS/c1-3-13(4-2)18-14(20)12-7-5-11(6-8-12)9-21-15-16-10-17-19-15/h5-8,10,13H,3-4,9H2,1-2H3,(H,18,20)(H,16,17,19). The van der Waals surface area contributed by atoms with Crippen molar-refractivity contribution in [1.82, 2.24) is 20.5 Å². The van der Waals surface area contributed by atoms with Crippen LogP contribution in [0.3, 0.4) is 0 Å². The minimum atomic E-state index is -0.00172. The molecule has 1 amide bonds. The zero-order valence-electron chi connectivity index (χ0n) is 12.3. The topological polar surface area (TPSA) is 70.7 Å². The van der Waals surface area contributed by atoms with Crippen LogP contribution < -0.4 is 5.32 Å². The monoisotopic (exact) mass is 304 g/mol. The third kappa shape index (κ3) is 4.60. The first-order valence-corrected chi connectivity index (χ1v) is 8.09. The van der Waals surface area contributed by atoms with Gasteiger partial charge in [-0.1, -0.05) is 37.7 Å². The molecule has 1 aromatic heterocycles. The van der Waals surface area contributed by atoms with E-state index in [-0.39, 0.29) is 11.9 Å². The van der Waals surface area contributed by atoms with E-state index in [1.165, 1.54) is 6.33 Å². The highest BCUT2D eigenvalue weighted by molar-refractivity contribution is 7.98. The second-order valence-electron chi connectivity index (χ2n) is 4.76. The van der Waals surface area contributed by atoms with Crippen LogP contribution in [0.2, 0.25) is 0 Å². The first kappa shape index (κ1) is 15.6. The highest BCUT2D eigenvalue weighted by Crippen LogP contribution is 2.18. The molecule has 0 saturated heterocycles. The number of carbonyl (C=O) groups excluding carboxylic acids is 1. The second kappa shape index (κ2) is 7.83. The smallest absolute Gasteiger partial charge is 0.251 e. The van der Waals surface area contributed by atoms with Gasteiger partial charge in [0, 0.05) is 17.4 Å². The van der Waals surface area contributed by atoms with Gasteiger partial charge >= 0.3 is 0 Å². The van der Waals surface area contributed by atoms with Crippen molar-refractivity contribution in [2.45, 2.75) is 43.6 Å². The molecule has 0 aliphatic heterocycles. The predicted octanol–water partition coefficient (Wildman–Crippen LogP) is 3.02. The van der Waals surface area contributed by atoms with Crippen LogP contribution in [0.15, 0.2) is 35.7 Å². The molecule has 6 heteroatoms. The SMILES string of the molecule is CCC(CC)NC(=O)c1ccc(CSc2ncn[nH]2)cc1. The van der Waals surface area contributed by atoms with Crippen molar-refractivity contribution < 1.29 is 4.79 Å². The van der Waals surface area contributed by atoms with Crippen molar-refractivity contribution in [3.05, 3.63) is 41.7 Å². The molecular formula is C15H20N4OS. The summed E-state index contributed by atoms with van der Waals surface area (Å²) in [6.07, 6.45) is 3.40. The molecule has 112 valence electrons. The number of rotatable bonds is 7. The van der Waals surface area contributed by atoms with Gasteiger partial charge in [-0.25, -0.2) is 4.98 Å². The van der Waals surface area contributed by atoms with Gasteiger partial charge in [-0.2, -0.15) is 5.10 Å². The van der Waals surface area contributed by atoms with Crippen LogP contribution in [0, 0.1) is 0 Å². The molecule has 0 fully saturated rings. The quantitative estimate of drug-likeness (QED) is 0.771. The Morgan fingerprint density at radius 1 is 1.29 bits per heavy atom. The lowest BCUT2D eigenvalue weighted by Gasteiger charge is -2.14. The summed E-state index contributed by atoms with van der Waals surface area (Å²) in [5, 5.41) is 10.5. The molecule has 2 N–H and O–H groups in total. The number of amides is 1. The molecule has 0 bridgehead atoms. The summed E-state index contributed by atoms with van der Waals surface area (Å²) in [5.41, 5.74) is 1.85. The number of aromatic nitrogens is 3. The van der Waals surface area contributed by atoms with Crippen LogP contribution in [0.5, 0.6) is 0 Å². The van der Waals surface area contributed by atoms with E-state index in [2.05, 4.69) is 34.3 Å². The molecule has 5 nitrogen and oxygen atoms in total. The van der Waals surface area contributed by atoms with Gasteiger partial charge < -0.3 is 5.32 Å². The lowest BCUT2D eigenvalue weighted by atomic mass is 10.1. The Labute approximate surface area is 128 Å². The van der Waals surface area contributed by atoms with E-state index in [1.54, 1.807) is 11.8 Å². The van der Waals surface area contributed by atoms with Gasteiger partial charge in [0.2, 0.25) is 0 Å². The van der Waals surface area contributed by atoms with Crippen molar-refractivity contribution >= 4 is 17.7 Å². The minimum Gasteiger partial charge on any atom is -0.349 e. The molecule has 1 aromatic carbocycles. The summed E-state index contributed by atoms with van der Waals surface area (Å²) in [6, 6.07) is 7.94. The molecule has 1 heterocycles. The largest absolute Gasteiger partial charge is 0.349 e. The third-order valence-electron chi connectivity index (χ3n) is 3.31. The Balaban J connectivity index is 1.90. The fourth-order valence-corrected chi connectivity index (χ4v) is 2.66. The maximum Gasteiger partial charge on any atom is 0.251 e. The molecule has 0 saturated carbocycles. The van der Waals surface area contributed by atoms with Crippen molar-refractivity contribution in [3.63, 3.8) is 0 Å². The van der Waals surface area contributed by atoms with E-state index in [0.717, 1.165) is 29.3 Å². The number of hydrogen-bond acceptors (Lipinski definition) is 4. The van der Waals surface area contributed by atoms with E-state index in [1.807, 2.05) is 24.3 Å². The van der Waals surface area contributed by atoms with Crippen LogP contribution in [0.4, 0.5) is 0 Å². The van der Waals surface area contributed by atoms with Crippen LogP contribution in [0.1, 0.15) is 42.6 Å². The van der Waals surface area contributed by atoms with Gasteiger partial charge in [0.1, 0.15) is 6.33 Å². The van der Waals surface area contributed by atoms with Gasteiger partial charge in [-0.15, -0.1) is 0 Å². The van der Waals surface area contributed by atoms with E-state index in [9.17, 15) is 4.79 Å². The van der Waals surface area contributed by atoms with E-state index in [0.29, 0.717) is 5.56 Å². The average Bonchev–Trinajstić information content (AvgIpc) is 3.04. The average molecular weight is 304 g/mol. The Bertz CT molecular complexity index is 550. The van der Waals surface area contributed by atoms with Crippen molar-refractivity contribution in [2.24, 2.45) is 0 Å². The molecule has 0 radical (unpaired) electrons.